The second-order valence-electron chi connectivity index (χ2n) is 4.76. The molecule has 0 aliphatic heterocycles. The monoisotopic (exact) mass is 335 g/mol. The van der Waals surface area contributed by atoms with Crippen molar-refractivity contribution in [3.05, 3.63) is 34.4 Å². The van der Waals surface area contributed by atoms with Gasteiger partial charge in [0.1, 0.15) is 16.7 Å². The first kappa shape index (κ1) is 17.5. The Morgan fingerprint density at radius 3 is 2.25 bits per heavy atom. The Morgan fingerprint density at radius 1 is 1.20 bits per heavy atom. The summed E-state index contributed by atoms with van der Waals surface area (Å²) in [6.07, 6.45) is -4.52. The van der Waals surface area contributed by atoms with E-state index in [9.17, 15) is 22.0 Å². The van der Waals surface area contributed by atoms with Crippen LogP contribution in [-0.4, -0.2) is 6.18 Å². The van der Waals surface area contributed by atoms with Gasteiger partial charge in [-0.05, 0) is 24.8 Å². The number of alkyl halides is 3. The van der Waals surface area contributed by atoms with Gasteiger partial charge in [-0.15, -0.1) is 12.4 Å². The summed E-state index contributed by atoms with van der Waals surface area (Å²) in [6, 6.07) is 1.18. The maximum Gasteiger partial charge on any atom is 0.391 e. The van der Waals surface area contributed by atoms with Crippen LogP contribution in [-0.2, 0) is 0 Å². The summed E-state index contributed by atoms with van der Waals surface area (Å²) in [5.74, 6) is -3.77. The summed E-state index contributed by atoms with van der Waals surface area (Å²) >= 11 is 5.41. The first-order valence-corrected chi connectivity index (χ1v) is 6.05. The van der Waals surface area contributed by atoms with Crippen LogP contribution in [0.5, 0.6) is 0 Å². The third kappa shape index (κ3) is 3.18. The Labute approximate surface area is 123 Å². The Kier molecular flexibility index (Phi) is 5.27. The van der Waals surface area contributed by atoms with Crippen molar-refractivity contribution in [2.75, 3.05) is 0 Å². The maximum atomic E-state index is 13.7. The molecule has 0 radical (unpaired) electrons. The molecule has 2 rings (SSSR count). The van der Waals surface area contributed by atoms with E-state index in [4.69, 9.17) is 17.3 Å². The minimum Gasteiger partial charge on any atom is -0.324 e. The number of benzene rings is 1. The molecular weight excluding hydrogens is 324 g/mol. The van der Waals surface area contributed by atoms with Crippen molar-refractivity contribution in [2.45, 2.75) is 25.1 Å². The van der Waals surface area contributed by atoms with Gasteiger partial charge in [0.15, 0.2) is 0 Å². The fourth-order valence-corrected chi connectivity index (χ4v) is 2.45. The van der Waals surface area contributed by atoms with Gasteiger partial charge in [0.2, 0.25) is 0 Å². The molecule has 8 heteroatoms. The number of nitrogens with two attached hydrogens (primary N) is 1. The summed E-state index contributed by atoms with van der Waals surface area (Å²) in [5, 5.41) is -0.681. The normalized spacial score (nSPS) is 23.8. The van der Waals surface area contributed by atoms with Crippen LogP contribution in [0.3, 0.4) is 0 Å². The molecule has 1 saturated carbocycles. The lowest BCUT2D eigenvalue weighted by atomic mass is 9.69. The molecule has 114 valence electrons. The van der Waals surface area contributed by atoms with Gasteiger partial charge in [-0.1, -0.05) is 17.7 Å². The minimum absolute atomic E-state index is 0. The first-order valence-electron chi connectivity index (χ1n) is 5.67. The fraction of sp³-hybridized carbons (Fsp3) is 0.500. The van der Waals surface area contributed by atoms with Crippen molar-refractivity contribution < 1.29 is 22.0 Å². The molecule has 0 amide bonds. The van der Waals surface area contributed by atoms with Crippen LogP contribution in [0.25, 0.3) is 0 Å². The Bertz CT molecular complexity index is 485. The summed E-state index contributed by atoms with van der Waals surface area (Å²) in [7, 11) is 0. The molecule has 1 nitrogen and oxygen atoms in total. The third-order valence-corrected chi connectivity index (χ3v) is 3.92. The molecule has 1 fully saturated rings. The van der Waals surface area contributed by atoms with Crippen molar-refractivity contribution in [2.24, 2.45) is 17.6 Å². The lowest BCUT2D eigenvalue weighted by molar-refractivity contribution is -0.206. The maximum absolute atomic E-state index is 13.7. The van der Waals surface area contributed by atoms with Crippen LogP contribution in [0.4, 0.5) is 22.0 Å². The number of hydrogen-bond acceptors (Lipinski definition) is 1. The molecular formula is C12H12Cl2F5N. The molecule has 0 heterocycles. The number of halogens is 7. The average molecular weight is 336 g/mol. The van der Waals surface area contributed by atoms with E-state index in [0.29, 0.717) is 0 Å². The molecule has 0 bridgehead atoms. The van der Waals surface area contributed by atoms with E-state index in [-0.39, 0.29) is 30.8 Å². The quantitative estimate of drug-likeness (QED) is 0.619. The predicted molar refractivity (Wildman–Crippen MR) is 67.8 cm³/mol. The number of rotatable bonds is 2. The van der Waals surface area contributed by atoms with Crippen LogP contribution in [0.1, 0.15) is 24.4 Å². The van der Waals surface area contributed by atoms with Crippen molar-refractivity contribution in [3.63, 3.8) is 0 Å². The fourth-order valence-electron chi connectivity index (χ4n) is 2.27. The molecule has 0 unspecified atom stereocenters. The van der Waals surface area contributed by atoms with Gasteiger partial charge in [0.25, 0.3) is 0 Å². The van der Waals surface area contributed by atoms with E-state index < -0.39 is 40.7 Å². The van der Waals surface area contributed by atoms with Crippen molar-refractivity contribution in [3.8, 4) is 0 Å². The molecule has 0 saturated heterocycles. The molecule has 0 spiro atoms. The second kappa shape index (κ2) is 6.03. The minimum atomic E-state index is -4.24. The molecule has 20 heavy (non-hydrogen) atoms. The van der Waals surface area contributed by atoms with Gasteiger partial charge in [-0.3, -0.25) is 0 Å². The molecule has 1 aromatic carbocycles. The van der Waals surface area contributed by atoms with E-state index in [1.54, 1.807) is 0 Å². The zero-order chi connectivity index (χ0) is 14.4. The lowest BCUT2D eigenvalue weighted by Gasteiger charge is -2.40. The van der Waals surface area contributed by atoms with Crippen molar-refractivity contribution in [1.29, 1.82) is 0 Å². The first-order chi connectivity index (χ1) is 8.71. The van der Waals surface area contributed by atoms with Gasteiger partial charge in [-0.25, -0.2) is 8.78 Å². The number of hydrogen-bond donors (Lipinski definition) is 1. The average Bonchev–Trinajstić information content (AvgIpc) is 2.21. The van der Waals surface area contributed by atoms with Crippen LogP contribution >= 0.6 is 24.0 Å². The van der Waals surface area contributed by atoms with Gasteiger partial charge < -0.3 is 5.73 Å². The molecule has 1 atom stereocenters. The second-order valence-corrected chi connectivity index (χ2v) is 5.14. The molecule has 1 aliphatic carbocycles. The van der Waals surface area contributed by atoms with Crippen LogP contribution < -0.4 is 5.73 Å². The van der Waals surface area contributed by atoms with Crippen molar-refractivity contribution >= 4 is 24.0 Å². The van der Waals surface area contributed by atoms with E-state index in [1.165, 1.54) is 0 Å². The van der Waals surface area contributed by atoms with Gasteiger partial charge in [-0.2, -0.15) is 13.2 Å². The predicted octanol–water partition coefficient (Wildman–Crippen LogP) is 4.63. The largest absolute Gasteiger partial charge is 0.391 e. The summed E-state index contributed by atoms with van der Waals surface area (Å²) < 4.78 is 63.7. The SMILES string of the molecule is Cl.N[C@H](c1ccc(F)c(Cl)c1F)C1CC(C(F)(F)F)C1. The van der Waals surface area contributed by atoms with Gasteiger partial charge >= 0.3 is 6.18 Å². The van der Waals surface area contributed by atoms with E-state index in [1.807, 2.05) is 0 Å². The smallest absolute Gasteiger partial charge is 0.324 e. The standard InChI is InChI=1S/C12H11ClF5N.ClH/c13-9-8(14)2-1-7(10(9)15)11(19)5-3-6(4-5)12(16,17)18;/h1-2,5-6,11H,3-4,19H2;1H/t5?,6?,11-;/m0./s1. The third-order valence-electron chi connectivity index (χ3n) is 3.57. The molecule has 0 aromatic heterocycles. The summed E-state index contributed by atoms with van der Waals surface area (Å²) in [5.41, 5.74) is 5.69. The van der Waals surface area contributed by atoms with Gasteiger partial charge in [0.05, 0.1) is 5.92 Å². The highest BCUT2D eigenvalue weighted by atomic mass is 35.5. The zero-order valence-electron chi connectivity index (χ0n) is 10.1. The topological polar surface area (TPSA) is 26.0 Å². The Hall–Kier alpha value is -0.590. The van der Waals surface area contributed by atoms with E-state index in [2.05, 4.69) is 0 Å². The van der Waals surface area contributed by atoms with E-state index in [0.717, 1.165) is 12.1 Å². The molecule has 1 aliphatic rings. The Morgan fingerprint density at radius 2 is 1.75 bits per heavy atom. The Balaban J connectivity index is 0.00000200. The van der Waals surface area contributed by atoms with Gasteiger partial charge in [0, 0.05) is 11.6 Å². The van der Waals surface area contributed by atoms with Crippen LogP contribution in [0.2, 0.25) is 5.02 Å². The summed E-state index contributed by atoms with van der Waals surface area (Å²) in [4.78, 5) is 0. The highest BCUT2D eigenvalue weighted by molar-refractivity contribution is 6.30. The zero-order valence-corrected chi connectivity index (χ0v) is 11.6. The highest BCUT2D eigenvalue weighted by Crippen LogP contribution is 2.49. The molecule has 1 aromatic rings. The van der Waals surface area contributed by atoms with E-state index >= 15 is 0 Å². The lowest BCUT2D eigenvalue weighted by Crippen LogP contribution is -2.40. The van der Waals surface area contributed by atoms with Crippen molar-refractivity contribution in [1.82, 2.24) is 0 Å². The van der Waals surface area contributed by atoms with Crippen LogP contribution in [0, 0.1) is 23.5 Å². The highest BCUT2D eigenvalue weighted by Gasteiger charge is 2.49. The summed E-state index contributed by atoms with van der Waals surface area (Å²) in [6.45, 7) is 0. The van der Waals surface area contributed by atoms with Crippen LogP contribution in [0.15, 0.2) is 12.1 Å². The molecule has 2 N–H and O–H groups in total.